The summed E-state index contributed by atoms with van der Waals surface area (Å²) in [6.07, 6.45) is 18.0. The predicted octanol–water partition coefficient (Wildman–Crippen LogP) is 9.71. The Labute approximate surface area is 234 Å². The molecule has 1 unspecified atom stereocenters. The van der Waals surface area contributed by atoms with E-state index in [1.165, 1.54) is 63.9 Å². The Bertz CT molecular complexity index is 1130. The first-order valence-electron chi connectivity index (χ1n) is 14.9. The van der Waals surface area contributed by atoms with Crippen LogP contribution in [0.25, 0.3) is 22.5 Å². The van der Waals surface area contributed by atoms with Crippen LogP contribution in [0.5, 0.6) is 5.75 Å². The van der Waals surface area contributed by atoms with Crippen molar-refractivity contribution in [1.82, 2.24) is 9.97 Å². The minimum Gasteiger partial charge on any atom is -0.424 e. The lowest BCUT2D eigenvalue weighted by molar-refractivity contribution is -0.147. The smallest absolute Gasteiger partial charge is 0.348 e. The van der Waals surface area contributed by atoms with E-state index in [2.05, 4.69) is 16.9 Å². The summed E-state index contributed by atoms with van der Waals surface area (Å²) >= 11 is 0. The fraction of sp³-hybridized carbons (Fsp3) is 0.500. The van der Waals surface area contributed by atoms with Crippen LogP contribution in [0, 0.1) is 0 Å². The Morgan fingerprint density at radius 3 is 1.97 bits per heavy atom. The molecule has 210 valence electrons. The maximum absolute atomic E-state index is 14.8. The van der Waals surface area contributed by atoms with Gasteiger partial charge in [0.05, 0.1) is 0 Å². The van der Waals surface area contributed by atoms with E-state index in [4.69, 9.17) is 4.74 Å². The van der Waals surface area contributed by atoms with Crippen LogP contribution in [0.3, 0.4) is 0 Å². The van der Waals surface area contributed by atoms with Crippen LogP contribution in [-0.4, -0.2) is 21.6 Å². The van der Waals surface area contributed by atoms with Crippen LogP contribution in [-0.2, 0) is 11.2 Å². The molecule has 0 saturated heterocycles. The average Bonchev–Trinajstić information content (AvgIpc) is 2.95. The third-order valence-electron chi connectivity index (χ3n) is 7.24. The first-order chi connectivity index (χ1) is 18.9. The number of rotatable bonds is 17. The second kappa shape index (κ2) is 16.1. The molecule has 2 aromatic carbocycles. The molecule has 1 heterocycles. The molecule has 39 heavy (non-hydrogen) atoms. The van der Waals surface area contributed by atoms with Gasteiger partial charge in [0.25, 0.3) is 0 Å². The van der Waals surface area contributed by atoms with Gasteiger partial charge in [0.1, 0.15) is 5.75 Å². The van der Waals surface area contributed by atoms with Crippen molar-refractivity contribution in [3.05, 3.63) is 66.5 Å². The van der Waals surface area contributed by atoms with Gasteiger partial charge in [-0.25, -0.2) is 19.2 Å². The lowest BCUT2D eigenvalue weighted by atomic mass is 9.99. The molecule has 0 radical (unpaired) electrons. The third-order valence-corrected chi connectivity index (χ3v) is 7.24. The van der Waals surface area contributed by atoms with E-state index >= 15 is 0 Å². The molecule has 0 fully saturated rings. The molecule has 0 N–H and O–H groups in total. The second-order valence-electron chi connectivity index (χ2n) is 10.8. The van der Waals surface area contributed by atoms with E-state index in [1.54, 1.807) is 12.1 Å². The highest BCUT2D eigenvalue weighted by molar-refractivity contribution is 5.82. The normalized spacial score (nSPS) is 12.7. The zero-order valence-corrected chi connectivity index (χ0v) is 24.1. The van der Waals surface area contributed by atoms with Gasteiger partial charge >= 0.3 is 5.97 Å². The number of hydrogen-bond acceptors (Lipinski definition) is 4. The maximum atomic E-state index is 14.8. The van der Waals surface area contributed by atoms with Crippen molar-refractivity contribution >= 4 is 5.97 Å². The van der Waals surface area contributed by atoms with Gasteiger partial charge in [-0.3, -0.25) is 0 Å². The molecule has 4 nitrogen and oxygen atoms in total. The Morgan fingerprint density at radius 1 is 0.769 bits per heavy atom. The Hall–Kier alpha value is -3.08. The Balaban J connectivity index is 1.58. The summed E-state index contributed by atoms with van der Waals surface area (Å²) in [5.41, 5.74) is 2.05. The van der Waals surface area contributed by atoms with Gasteiger partial charge in [-0.1, -0.05) is 108 Å². The number of carbonyl (C=O) groups excluding carboxylic acids is 1. The fourth-order valence-corrected chi connectivity index (χ4v) is 4.74. The van der Waals surface area contributed by atoms with Gasteiger partial charge < -0.3 is 4.74 Å². The summed E-state index contributed by atoms with van der Waals surface area (Å²) < 4.78 is 20.1. The highest BCUT2D eigenvalue weighted by Gasteiger charge is 2.34. The summed E-state index contributed by atoms with van der Waals surface area (Å²) in [4.78, 5) is 21.7. The fourth-order valence-electron chi connectivity index (χ4n) is 4.74. The summed E-state index contributed by atoms with van der Waals surface area (Å²) in [7, 11) is 0. The van der Waals surface area contributed by atoms with E-state index in [-0.39, 0.29) is 6.42 Å². The van der Waals surface area contributed by atoms with Crippen LogP contribution >= 0.6 is 0 Å². The van der Waals surface area contributed by atoms with Gasteiger partial charge in [0, 0.05) is 18.0 Å². The molecule has 0 saturated carbocycles. The zero-order chi connectivity index (χ0) is 27.9. The van der Waals surface area contributed by atoms with E-state index < -0.39 is 11.6 Å². The average molecular weight is 533 g/mol. The van der Waals surface area contributed by atoms with E-state index in [9.17, 15) is 9.18 Å². The molecule has 0 amide bonds. The number of unbranched alkanes of at least 4 members (excludes halogenated alkanes) is 9. The topological polar surface area (TPSA) is 52.1 Å². The van der Waals surface area contributed by atoms with Gasteiger partial charge in [0.15, 0.2) is 5.82 Å². The van der Waals surface area contributed by atoms with Crippen molar-refractivity contribution in [2.24, 2.45) is 0 Å². The lowest BCUT2D eigenvalue weighted by Gasteiger charge is -2.18. The standard InChI is InChI=1S/C34H45FN2O2/c1-4-6-8-9-10-11-12-13-17-27-25-36-32(37-26-27)31-19-15-14-18-30(31)28-20-22-29(23-21-28)39-33(38)34(3,35)24-16-7-5-2/h14-15,18-23,25-26H,4-13,16-17,24H2,1-3H3. The highest BCUT2D eigenvalue weighted by Crippen LogP contribution is 2.32. The molecule has 0 bridgehead atoms. The number of alkyl halides is 1. The maximum Gasteiger partial charge on any atom is 0.348 e. The molecule has 1 atom stereocenters. The quantitative estimate of drug-likeness (QED) is 0.0986. The molecule has 0 aliphatic carbocycles. The lowest BCUT2D eigenvalue weighted by Crippen LogP contribution is -2.34. The van der Waals surface area contributed by atoms with Crippen molar-refractivity contribution in [3.8, 4) is 28.3 Å². The number of nitrogens with zero attached hydrogens (tertiary/aromatic N) is 2. The molecule has 1 aromatic heterocycles. The number of hydrogen-bond donors (Lipinski definition) is 0. The monoisotopic (exact) mass is 532 g/mol. The van der Waals surface area contributed by atoms with E-state index in [0.717, 1.165) is 36.0 Å². The molecular weight excluding hydrogens is 487 g/mol. The number of halogens is 1. The number of ether oxygens (including phenoxy) is 1. The van der Waals surface area contributed by atoms with Crippen LogP contribution < -0.4 is 4.74 Å². The largest absolute Gasteiger partial charge is 0.424 e. The van der Waals surface area contributed by atoms with Crippen molar-refractivity contribution in [1.29, 1.82) is 0 Å². The van der Waals surface area contributed by atoms with E-state index in [0.29, 0.717) is 18.0 Å². The molecule has 3 aromatic rings. The number of esters is 1. The first kappa shape index (κ1) is 30.5. The minimum absolute atomic E-state index is 0.170. The van der Waals surface area contributed by atoms with Gasteiger partial charge in [-0.15, -0.1) is 0 Å². The van der Waals surface area contributed by atoms with Crippen molar-refractivity contribution in [3.63, 3.8) is 0 Å². The van der Waals surface area contributed by atoms with Crippen LogP contribution in [0.4, 0.5) is 4.39 Å². The second-order valence-corrected chi connectivity index (χ2v) is 10.8. The van der Waals surface area contributed by atoms with Crippen molar-refractivity contribution < 1.29 is 13.9 Å². The van der Waals surface area contributed by atoms with Crippen LogP contribution in [0.15, 0.2) is 60.9 Å². The summed E-state index contributed by atoms with van der Waals surface area (Å²) in [6, 6.07) is 15.2. The minimum atomic E-state index is -1.99. The number of aryl methyl sites for hydroxylation is 1. The molecule has 0 aliphatic heterocycles. The zero-order valence-electron chi connectivity index (χ0n) is 24.1. The number of carbonyl (C=O) groups is 1. The van der Waals surface area contributed by atoms with Crippen LogP contribution in [0.1, 0.15) is 103 Å². The molecule has 3 rings (SSSR count). The molecule has 0 aliphatic rings. The Morgan fingerprint density at radius 2 is 1.33 bits per heavy atom. The Kier molecular flexibility index (Phi) is 12.6. The molecular formula is C34H45FN2O2. The van der Waals surface area contributed by atoms with Crippen molar-refractivity contribution in [2.45, 2.75) is 110 Å². The summed E-state index contributed by atoms with van der Waals surface area (Å²) in [6.45, 7) is 5.61. The molecule has 5 heteroatoms. The third kappa shape index (κ3) is 9.87. The van der Waals surface area contributed by atoms with Crippen LogP contribution in [0.2, 0.25) is 0 Å². The number of benzene rings is 2. The highest BCUT2D eigenvalue weighted by atomic mass is 19.1. The summed E-state index contributed by atoms with van der Waals surface area (Å²) in [5.74, 6) is 0.176. The number of aromatic nitrogens is 2. The molecule has 0 spiro atoms. The van der Waals surface area contributed by atoms with Crippen molar-refractivity contribution in [2.75, 3.05) is 0 Å². The first-order valence-corrected chi connectivity index (χ1v) is 14.9. The SMILES string of the molecule is CCCCCCCCCCc1cnc(-c2ccccc2-c2ccc(OC(=O)C(C)(F)CCCCC)cc2)nc1. The van der Waals surface area contributed by atoms with Gasteiger partial charge in [-0.05, 0) is 61.4 Å². The van der Waals surface area contributed by atoms with Gasteiger partial charge in [0.2, 0.25) is 5.67 Å². The van der Waals surface area contributed by atoms with E-state index in [1.807, 2.05) is 55.7 Å². The summed E-state index contributed by atoms with van der Waals surface area (Å²) in [5, 5.41) is 0. The predicted molar refractivity (Wildman–Crippen MR) is 159 cm³/mol. The van der Waals surface area contributed by atoms with Gasteiger partial charge in [-0.2, -0.15) is 0 Å².